The number of nitrogens with zero attached hydrogens (tertiary/aromatic N) is 1. The minimum Gasteiger partial charge on any atom is -0.497 e. The number of rotatable bonds is 2. The summed E-state index contributed by atoms with van der Waals surface area (Å²) < 4.78 is 0. The first-order valence-corrected chi connectivity index (χ1v) is 2.73. The summed E-state index contributed by atoms with van der Waals surface area (Å²) >= 11 is 0. The van der Waals surface area contributed by atoms with E-state index in [0.717, 1.165) is 11.4 Å². The summed E-state index contributed by atoms with van der Waals surface area (Å²) in [5.41, 5.74) is 0. The van der Waals surface area contributed by atoms with Crippen LogP contribution in [0.1, 0.15) is 0 Å². The fourth-order valence-electron chi connectivity index (χ4n) is 0.312. The molecule has 7 heteroatoms. The number of carbonyl (C=O) groups excluding carboxylic acids is 2. The summed E-state index contributed by atoms with van der Waals surface area (Å²) in [7, 11) is 2.95. The van der Waals surface area contributed by atoms with Crippen molar-refractivity contribution in [3.8, 4) is 0 Å². The Bertz CT molecular complexity index is 158. The summed E-state index contributed by atoms with van der Waals surface area (Å²) in [6.07, 6.45) is 0. The maximum absolute atomic E-state index is 10.5. The molecule has 4 nitrogen and oxygen atoms in total. The number of amides is 2. The zero-order chi connectivity index (χ0) is 8.15. The molecule has 0 saturated carbocycles. The topological polar surface area (TPSA) is 49.4 Å². The maximum atomic E-state index is 10.5. The van der Waals surface area contributed by atoms with E-state index in [-0.39, 0.29) is 80.7 Å². The van der Waals surface area contributed by atoms with Crippen molar-refractivity contribution in [1.82, 2.24) is 10.2 Å². The van der Waals surface area contributed by atoms with Crippen molar-refractivity contribution in [2.45, 2.75) is 0 Å². The van der Waals surface area contributed by atoms with Crippen molar-refractivity contribution in [3.63, 3.8) is 0 Å². The van der Waals surface area contributed by atoms with Crippen LogP contribution in [-0.4, -0.2) is 30.8 Å². The molecule has 0 unspecified atom stereocenters. The van der Waals surface area contributed by atoms with Gasteiger partial charge in [0.15, 0.2) is 0 Å². The fourth-order valence-corrected chi connectivity index (χ4v) is 0.312. The van der Waals surface area contributed by atoms with Gasteiger partial charge in [0.25, 0.3) is 0 Å². The molecule has 0 fully saturated rings. The molecule has 0 rings (SSSR count). The number of likely N-dealkylation sites (N-methyl/N-ethyl adjacent to an activating group) is 2. The van der Waals surface area contributed by atoms with Crippen molar-refractivity contribution in [1.29, 1.82) is 0 Å². The van der Waals surface area contributed by atoms with Crippen LogP contribution < -0.4 is 5.32 Å². The van der Waals surface area contributed by atoms with Crippen LogP contribution in [0.5, 0.6) is 0 Å². The van der Waals surface area contributed by atoms with Gasteiger partial charge in [-0.1, -0.05) is 0 Å². The van der Waals surface area contributed by atoms with Gasteiger partial charge in [0.1, 0.15) is 5.91 Å². The molecule has 0 aliphatic rings. The van der Waals surface area contributed by atoms with Gasteiger partial charge in [-0.3, -0.25) is 0 Å². The Balaban J connectivity index is -0.000000135. The molecular formula is C6H10N2O2W2Y-2. The largest absolute Gasteiger partial charge is 0.497 e. The van der Waals surface area contributed by atoms with Crippen molar-refractivity contribution >= 4 is 11.8 Å². The summed E-state index contributed by atoms with van der Waals surface area (Å²) in [5, 5.41) is 2.33. The van der Waals surface area contributed by atoms with Gasteiger partial charge in [0, 0.05) is 81.9 Å². The number of hydrogen-bond donors (Lipinski definition) is 1. The minimum absolute atomic E-state index is 0. The van der Waals surface area contributed by atoms with Gasteiger partial charge in [-0.05, 0) is 7.05 Å². The molecule has 0 aromatic rings. The Morgan fingerprint density at radius 1 is 1.38 bits per heavy atom. The Hall–Kier alpha value is 1.16. The van der Waals surface area contributed by atoms with Crippen LogP contribution in [0.3, 0.4) is 0 Å². The SMILES string of the molecule is [CH2-]C(=O)N(C)[CH-]C(=O)NC.[W].[W].[Y]. The number of nitrogens with one attached hydrogen (secondary N) is 1. The molecule has 0 saturated heterocycles. The molecule has 1 radical (unpaired) electrons. The van der Waals surface area contributed by atoms with E-state index in [9.17, 15) is 9.59 Å². The molecular weight excluding hydrogens is 589 g/mol. The predicted octanol–water partition coefficient (Wildman–Crippen LogP) is -0.821. The zero-order valence-electron chi connectivity index (χ0n) is 7.44. The molecule has 0 aliphatic heterocycles. The van der Waals surface area contributed by atoms with Crippen LogP contribution in [0.2, 0.25) is 0 Å². The van der Waals surface area contributed by atoms with E-state index in [2.05, 4.69) is 12.2 Å². The standard InChI is InChI=1S/C6H10N2O2.2W.Y/c1-5(9)8(3)4-6(10)7-2;;;/h4H,1H2,2-3H3,(H,7,10);;;/q-2;;;. The average Bonchev–Trinajstić information content (AvgIpc) is 1.87. The number of carbonyl (C=O) groups is 2. The normalized spacial score (nSPS) is 6.31. The van der Waals surface area contributed by atoms with Gasteiger partial charge in [-0.2, -0.15) is 0 Å². The smallest absolute Gasteiger partial charge is 0.100 e. The fraction of sp³-hybridized carbons (Fsp3) is 0.333. The molecule has 1 N–H and O–H groups in total. The Labute approximate surface area is 132 Å². The number of hydrogen-bond acceptors (Lipinski definition) is 2. The van der Waals surface area contributed by atoms with Crippen molar-refractivity contribution < 1.29 is 84.4 Å². The second kappa shape index (κ2) is 13.2. The van der Waals surface area contributed by atoms with E-state index >= 15 is 0 Å². The molecule has 0 heterocycles. The second-order valence-electron chi connectivity index (χ2n) is 1.75. The third kappa shape index (κ3) is 13.2. The molecule has 0 aromatic heterocycles. The van der Waals surface area contributed by atoms with Gasteiger partial charge in [0.05, 0.1) is 5.91 Å². The molecule has 73 valence electrons. The quantitative estimate of drug-likeness (QED) is 0.423. The van der Waals surface area contributed by atoms with Gasteiger partial charge >= 0.3 is 0 Å². The molecule has 13 heavy (non-hydrogen) atoms. The van der Waals surface area contributed by atoms with E-state index in [4.69, 9.17) is 0 Å². The molecule has 0 aromatic carbocycles. The Morgan fingerprint density at radius 2 is 1.77 bits per heavy atom. The minimum atomic E-state index is -0.413. The monoisotopic (exact) mass is 599 g/mol. The van der Waals surface area contributed by atoms with Gasteiger partial charge in [0.2, 0.25) is 0 Å². The van der Waals surface area contributed by atoms with Crippen LogP contribution >= 0.6 is 0 Å². The van der Waals surface area contributed by atoms with Crippen molar-refractivity contribution in [3.05, 3.63) is 13.5 Å². The third-order valence-electron chi connectivity index (χ3n) is 0.951. The van der Waals surface area contributed by atoms with Gasteiger partial charge in [-0.15, -0.1) is 0 Å². The van der Waals surface area contributed by atoms with E-state index in [1.54, 1.807) is 0 Å². The predicted molar refractivity (Wildman–Crippen MR) is 36.5 cm³/mol. The van der Waals surface area contributed by atoms with Crippen molar-refractivity contribution in [2.24, 2.45) is 0 Å². The van der Waals surface area contributed by atoms with Gasteiger partial charge in [-0.25, -0.2) is 6.54 Å². The van der Waals surface area contributed by atoms with Gasteiger partial charge < -0.3 is 26.7 Å². The van der Waals surface area contributed by atoms with Crippen LogP contribution in [-0.2, 0) is 84.4 Å². The molecule has 0 aliphatic carbocycles. The van der Waals surface area contributed by atoms with Crippen LogP contribution in [0, 0.1) is 13.5 Å². The summed E-state index contributed by atoms with van der Waals surface area (Å²) in [6, 6.07) is 0. The Kier molecular flexibility index (Phi) is 24.1. The zero-order valence-corrected chi connectivity index (χ0v) is 16.1. The second-order valence-corrected chi connectivity index (χ2v) is 1.75. The molecule has 2 amide bonds. The first kappa shape index (κ1) is 23.8. The summed E-state index contributed by atoms with van der Waals surface area (Å²) in [6.45, 7) is 4.24. The summed E-state index contributed by atoms with van der Waals surface area (Å²) in [4.78, 5) is 22.0. The van der Waals surface area contributed by atoms with Crippen LogP contribution in [0.15, 0.2) is 0 Å². The molecule has 0 spiro atoms. The maximum Gasteiger partial charge on any atom is 0.100 e. The van der Waals surface area contributed by atoms with E-state index in [0.29, 0.717) is 0 Å². The third-order valence-corrected chi connectivity index (χ3v) is 0.951. The summed E-state index contributed by atoms with van der Waals surface area (Å²) in [5.74, 6) is -0.733. The molecule has 0 bridgehead atoms. The van der Waals surface area contributed by atoms with Crippen molar-refractivity contribution in [2.75, 3.05) is 14.1 Å². The average molecular weight is 599 g/mol. The van der Waals surface area contributed by atoms with E-state index < -0.39 is 5.91 Å². The molecule has 0 atom stereocenters. The Morgan fingerprint density at radius 3 is 2.00 bits per heavy atom. The first-order chi connectivity index (χ1) is 4.57. The van der Waals surface area contributed by atoms with E-state index in [1.165, 1.54) is 14.1 Å². The first-order valence-electron chi connectivity index (χ1n) is 2.73. The van der Waals surface area contributed by atoms with E-state index in [1.807, 2.05) is 0 Å². The van der Waals surface area contributed by atoms with Crippen LogP contribution in [0.4, 0.5) is 0 Å². The van der Waals surface area contributed by atoms with Crippen LogP contribution in [0.25, 0.3) is 0 Å².